The monoisotopic (exact) mass is 390 g/mol. The molecule has 0 unspecified atom stereocenters. The lowest BCUT2D eigenvalue weighted by molar-refractivity contribution is -0.384. The summed E-state index contributed by atoms with van der Waals surface area (Å²) in [6.45, 7) is 0. The summed E-state index contributed by atoms with van der Waals surface area (Å²) in [7, 11) is 0. The van der Waals surface area contributed by atoms with Crippen LogP contribution in [0.3, 0.4) is 0 Å². The molecule has 0 bridgehead atoms. The molecule has 0 spiro atoms. The number of aromatic nitrogens is 4. The second-order valence-electron chi connectivity index (χ2n) is 5.00. The highest BCUT2D eigenvalue weighted by Crippen LogP contribution is 2.24. The van der Waals surface area contributed by atoms with Crippen LogP contribution in [0.2, 0.25) is 5.02 Å². The third kappa shape index (κ3) is 3.65. The lowest BCUT2D eigenvalue weighted by Gasteiger charge is -2.09. The van der Waals surface area contributed by atoms with E-state index in [1.165, 1.54) is 23.9 Å². The molecule has 0 saturated heterocycles. The summed E-state index contributed by atoms with van der Waals surface area (Å²) in [5, 5.41) is 25.5. The molecule has 26 heavy (non-hydrogen) atoms. The summed E-state index contributed by atoms with van der Waals surface area (Å²) < 4.78 is 1.54. The minimum absolute atomic E-state index is 0.00185. The molecular formula is C15H11ClN6O3S. The number of benzene rings is 2. The zero-order valence-corrected chi connectivity index (χ0v) is 14.9. The Kier molecular flexibility index (Phi) is 5.14. The van der Waals surface area contributed by atoms with Crippen LogP contribution in [0, 0.1) is 10.1 Å². The molecule has 0 fully saturated rings. The number of nitro groups is 1. The second-order valence-corrected chi connectivity index (χ2v) is 6.18. The van der Waals surface area contributed by atoms with Crippen molar-refractivity contribution in [2.45, 2.75) is 5.16 Å². The van der Waals surface area contributed by atoms with Crippen LogP contribution in [-0.2, 0) is 0 Å². The number of thioether (sulfide) groups is 1. The van der Waals surface area contributed by atoms with Crippen LogP contribution in [0.4, 0.5) is 11.4 Å². The topological polar surface area (TPSA) is 116 Å². The molecule has 1 heterocycles. The molecule has 0 saturated carbocycles. The normalized spacial score (nSPS) is 10.5. The standard InChI is InChI=1S/C15H11ClN6O3S/c1-26-15-18-19-20-21(15)10-4-2-3-9(7-10)17-14(23)12-6-5-11(22(24)25)8-13(12)16/h2-8H,1H3,(H,17,23). The van der Waals surface area contributed by atoms with Crippen molar-refractivity contribution in [3.63, 3.8) is 0 Å². The third-order valence-corrected chi connectivity index (χ3v) is 4.31. The van der Waals surface area contributed by atoms with Crippen molar-refractivity contribution in [1.82, 2.24) is 20.2 Å². The van der Waals surface area contributed by atoms with E-state index in [1.54, 1.807) is 28.9 Å². The van der Waals surface area contributed by atoms with Gasteiger partial charge in [0.25, 0.3) is 11.6 Å². The number of hydrogen-bond donors (Lipinski definition) is 1. The van der Waals surface area contributed by atoms with Gasteiger partial charge in [-0.1, -0.05) is 29.4 Å². The number of tetrazole rings is 1. The fourth-order valence-corrected chi connectivity index (χ4v) is 2.88. The first-order chi connectivity index (χ1) is 12.5. The van der Waals surface area contributed by atoms with E-state index in [4.69, 9.17) is 11.6 Å². The Bertz CT molecular complexity index is 993. The number of carbonyl (C=O) groups excluding carboxylic acids is 1. The van der Waals surface area contributed by atoms with E-state index in [9.17, 15) is 14.9 Å². The van der Waals surface area contributed by atoms with Gasteiger partial charge in [-0.25, -0.2) is 0 Å². The maximum Gasteiger partial charge on any atom is 0.270 e. The molecule has 3 aromatic rings. The van der Waals surface area contributed by atoms with Gasteiger partial charge in [-0.3, -0.25) is 14.9 Å². The molecule has 0 radical (unpaired) electrons. The first-order valence-corrected chi connectivity index (χ1v) is 8.78. The fraction of sp³-hybridized carbons (Fsp3) is 0.0667. The first kappa shape index (κ1) is 17.8. The molecule has 2 aromatic carbocycles. The van der Waals surface area contributed by atoms with Gasteiger partial charge in [0.05, 0.1) is 21.2 Å². The van der Waals surface area contributed by atoms with Crippen LogP contribution in [0.5, 0.6) is 0 Å². The number of rotatable bonds is 5. The van der Waals surface area contributed by atoms with Crippen LogP contribution >= 0.6 is 23.4 Å². The third-order valence-electron chi connectivity index (χ3n) is 3.38. The number of amides is 1. The molecule has 0 aliphatic heterocycles. The Hall–Kier alpha value is -2.98. The molecule has 1 N–H and O–H groups in total. The Morgan fingerprint density at radius 2 is 2.12 bits per heavy atom. The highest BCUT2D eigenvalue weighted by atomic mass is 35.5. The Labute approximate surface area is 156 Å². The number of hydrogen-bond acceptors (Lipinski definition) is 7. The number of nitrogens with zero attached hydrogens (tertiary/aromatic N) is 5. The number of halogens is 1. The molecule has 11 heteroatoms. The maximum atomic E-state index is 12.4. The number of carbonyl (C=O) groups is 1. The minimum atomic E-state index is -0.577. The molecular weight excluding hydrogens is 380 g/mol. The van der Waals surface area contributed by atoms with E-state index < -0.39 is 10.8 Å². The average molecular weight is 391 g/mol. The lowest BCUT2D eigenvalue weighted by Crippen LogP contribution is -2.13. The Balaban J connectivity index is 1.84. The Morgan fingerprint density at radius 1 is 1.31 bits per heavy atom. The largest absolute Gasteiger partial charge is 0.322 e. The summed E-state index contributed by atoms with van der Waals surface area (Å²) in [4.78, 5) is 22.6. The van der Waals surface area contributed by atoms with E-state index >= 15 is 0 Å². The van der Waals surface area contributed by atoms with Crippen LogP contribution in [0.15, 0.2) is 47.6 Å². The van der Waals surface area contributed by atoms with E-state index in [0.29, 0.717) is 16.5 Å². The van der Waals surface area contributed by atoms with Crippen molar-refractivity contribution >= 4 is 40.6 Å². The number of nitrogens with one attached hydrogen (secondary N) is 1. The van der Waals surface area contributed by atoms with Crippen LogP contribution < -0.4 is 5.32 Å². The molecule has 9 nitrogen and oxygen atoms in total. The van der Waals surface area contributed by atoms with Crippen LogP contribution in [0.25, 0.3) is 5.69 Å². The SMILES string of the molecule is CSc1nnnn1-c1cccc(NC(=O)c2ccc([N+](=O)[O-])cc2Cl)c1. The number of non-ortho nitro benzene ring substituents is 1. The van der Waals surface area contributed by atoms with E-state index in [2.05, 4.69) is 20.8 Å². The Morgan fingerprint density at radius 3 is 2.81 bits per heavy atom. The van der Waals surface area contributed by atoms with Gasteiger partial charge in [0.15, 0.2) is 0 Å². The molecule has 0 aliphatic rings. The second kappa shape index (κ2) is 7.50. The summed E-state index contributed by atoms with van der Waals surface area (Å²) in [5.74, 6) is -0.483. The van der Waals surface area contributed by atoms with Gasteiger partial charge in [0.2, 0.25) is 5.16 Å². The van der Waals surface area contributed by atoms with Gasteiger partial charge in [-0.15, -0.1) is 5.10 Å². The predicted molar refractivity (Wildman–Crippen MR) is 97.0 cm³/mol. The van der Waals surface area contributed by atoms with Gasteiger partial charge in [-0.2, -0.15) is 4.68 Å². The van der Waals surface area contributed by atoms with Crippen LogP contribution in [-0.4, -0.2) is 37.3 Å². The van der Waals surface area contributed by atoms with Crippen molar-refractivity contribution < 1.29 is 9.72 Å². The van der Waals surface area contributed by atoms with Crippen molar-refractivity contribution in [3.05, 3.63) is 63.2 Å². The molecule has 1 amide bonds. The maximum absolute atomic E-state index is 12.4. The predicted octanol–water partition coefficient (Wildman–Crippen LogP) is 3.20. The lowest BCUT2D eigenvalue weighted by atomic mass is 10.2. The number of nitro benzene ring substituents is 1. The van der Waals surface area contributed by atoms with Crippen molar-refractivity contribution in [2.75, 3.05) is 11.6 Å². The summed E-state index contributed by atoms with van der Waals surface area (Å²) in [5.41, 5.74) is 1.13. The molecule has 0 aliphatic carbocycles. The van der Waals surface area contributed by atoms with Crippen LogP contribution in [0.1, 0.15) is 10.4 Å². The zero-order valence-electron chi connectivity index (χ0n) is 13.3. The molecule has 3 rings (SSSR count). The van der Waals surface area contributed by atoms with E-state index in [-0.39, 0.29) is 16.3 Å². The highest BCUT2D eigenvalue weighted by Gasteiger charge is 2.15. The number of anilines is 1. The summed E-state index contributed by atoms with van der Waals surface area (Å²) >= 11 is 7.37. The van der Waals surface area contributed by atoms with Gasteiger partial charge in [0.1, 0.15) is 0 Å². The zero-order chi connectivity index (χ0) is 18.7. The summed E-state index contributed by atoms with van der Waals surface area (Å²) in [6.07, 6.45) is 1.85. The van der Waals surface area contributed by atoms with E-state index in [0.717, 1.165) is 6.07 Å². The molecule has 0 atom stereocenters. The van der Waals surface area contributed by atoms with Gasteiger partial charge in [0, 0.05) is 17.8 Å². The van der Waals surface area contributed by atoms with Crippen molar-refractivity contribution in [1.29, 1.82) is 0 Å². The fourth-order valence-electron chi connectivity index (χ4n) is 2.18. The van der Waals surface area contributed by atoms with Gasteiger partial charge in [-0.05, 0) is 40.9 Å². The van der Waals surface area contributed by atoms with Gasteiger partial charge < -0.3 is 5.32 Å². The first-order valence-electron chi connectivity index (χ1n) is 7.17. The van der Waals surface area contributed by atoms with E-state index in [1.807, 2.05) is 6.26 Å². The minimum Gasteiger partial charge on any atom is -0.322 e. The smallest absolute Gasteiger partial charge is 0.270 e. The van der Waals surface area contributed by atoms with Gasteiger partial charge >= 0.3 is 0 Å². The van der Waals surface area contributed by atoms with Crippen molar-refractivity contribution in [2.24, 2.45) is 0 Å². The molecule has 1 aromatic heterocycles. The highest BCUT2D eigenvalue weighted by molar-refractivity contribution is 7.98. The average Bonchev–Trinajstić information content (AvgIpc) is 3.10. The summed E-state index contributed by atoms with van der Waals surface area (Å²) in [6, 6.07) is 10.6. The van der Waals surface area contributed by atoms with Crippen molar-refractivity contribution in [3.8, 4) is 5.69 Å². The quantitative estimate of drug-likeness (QED) is 0.404. The molecule has 132 valence electrons.